The molecule has 1 aromatic carbocycles. The van der Waals surface area contributed by atoms with E-state index in [2.05, 4.69) is 43.0 Å². The van der Waals surface area contributed by atoms with Crippen LogP contribution in [0.15, 0.2) is 39.9 Å². The highest BCUT2D eigenvalue weighted by atomic mass is 32.1. The zero-order valence-electron chi connectivity index (χ0n) is 17.0. The van der Waals surface area contributed by atoms with E-state index < -0.39 is 0 Å². The molecule has 7 nitrogen and oxygen atoms in total. The second-order valence-corrected chi connectivity index (χ2v) is 8.70. The molecule has 0 bridgehead atoms. The molecule has 0 unspecified atom stereocenters. The van der Waals surface area contributed by atoms with Gasteiger partial charge in [-0.25, -0.2) is 4.79 Å². The van der Waals surface area contributed by atoms with Crippen molar-refractivity contribution in [3.05, 3.63) is 61.6 Å². The maximum atomic E-state index is 13.1. The number of aryl methyl sites for hydroxylation is 2. The van der Waals surface area contributed by atoms with Crippen LogP contribution in [0.2, 0.25) is 0 Å². The van der Waals surface area contributed by atoms with Gasteiger partial charge in [-0.15, -0.1) is 11.3 Å². The Balaban J connectivity index is 1.60. The molecule has 0 aliphatic carbocycles. The molecule has 1 saturated heterocycles. The normalized spacial score (nSPS) is 17.2. The molecule has 1 atom stereocenters. The van der Waals surface area contributed by atoms with E-state index in [1.54, 1.807) is 13.1 Å². The molecule has 0 radical (unpaired) electrons. The molecule has 0 N–H and O–H groups in total. The van der Waals surface area contributed by atoms with Crippen LogP contribution in [0.1, 0.15) is 22.2 Å². The average molecular weight is 413 g/mol. The summed E-state index contributed by atoms with van der Waals surface area (Å²) >= 11 is 1.21. The molecule has 3 aromatic rings. The molecule has 4 rings (SSSR count). The monoisotopic (exact) mass is 412 g/mol. The van der Waals surface area contributed by atoms with Crippen LogP contribution in [-0.4, -0.2) is 45.6 Å². The van der Waals surface area contributed by atoms with Gasteiger partial charge in [0, 0.05) is 45.5 Å². The maximum absolute atomic E-state index is 13.1. The van der Waals surface area contributed by atoms with E-state index in [9.17, 15) is 14.4 Å². The highest BCUT2D eigenvalue weighted by molar-refractivity contribution is 7.20. The fourth-order valence-corrected chi connectivity index (χ4v) is 5.03. The topological polar surface area (TPSA) is 67.6 Å². The Labute approximate surface area is 172 Å². The van der Waals surface area contributed by atoms with Gasteiger partial charge in [-0.1, -0.05) is 12.1 Å². The van der Waals surface area contributed by atoms with Gasteiger partial charge in [-0.2, -0.15) is 0 Å². The number of piperazine rings is 1. The Hall–Kier alpha value is -2.87. The standard InChI is InChI=1S/C21H24N4O3S/c1-13-6-5-7-15(10-13)25-9-8-24(12-14(25)2)19(27)17-11-16-18(26)22(3)21(28)23(4)20(16)29-17/h5-7,10-11,14H,8-9,12H2,1-4H3/t14-/m1/s1. The van der Waals surface area contributed by atoms with Gasteiger partial charge in [0.25, 0.3) is 11.5 Å². The van der Waals surface area contributed by atoms with Crippen LogP contribution < -0.4 is 16.1 Å². The lowest BCUT2D eigenvalue weighted by atomic mass is 10.1. The minimum Gasteiger partial charge on any atom is -0.365 e. The van der Waals surface area contributed by atoms with Gasteiger partial charge in [-0.3, -0.25) is 18.7 Å². The summed E-state index contributed by atoms with van der Waals surface area (Å²) in [5.41, 5.74) is 1.63. The Kier molecular flexibility index (Phi) is 4.82. The fourth-order valence-electron chi connectivity index (χ4n) is 3.96. The molecule has 1 aliphatic heterocycles. The van der Waals surface area contributed by atoms with Crippen molar-refractivity contribution in [2.45, 2.75) is 19.9 Å². The number of hydrogen-bond acceptors (Lipinski definition) is 5. The number of benzene rings is 1. The van der Waals surface area contributed by atoms with E-state index >= 15 is 0 Å². The highest BCUT2D eigenvalue weighted by Crippen LogP contribution is 2.26. The zero-order valence-corrected chi connectivity index (χ0v) is 17.8. The predicted octanol–water partition coefficient (Wildman–Crippen LogP) is 1.96. The first-order valence-corrected chi connectivity index (χ1v) is 10.4. The highest BCUT2D eigenvalue weighted by Gasteiger charge is 2.29. The summed E-state index contributed by atoms with van der Waals surface area (Å²) in [6.07, 6.45) is 0. The van der Waals surface area contributed by atoms with Crippen LogP contribution in [-0.2, 0) is 14.1 Å². The Morgan fingerprint density at radius 1 is 1.10 bits per heavy atom. The first-order valence-electron chi connectivity index (χ1n) is 9.60. The summed E-state index contributed by atoms with van der Waals surface area (Å²) in [5.74, 6) is -0.0866. The third-order valence-corrected chi connectivity index (χ3v) is 6.78. The van der Waals surface area contributed by atoms with Crippen LogP contribution in [0, 0.1) is 6.92 Å². The third kappa shape index (κ3) is 3.27. The van der Waals surface area contributed by atoms with E-state index in [-0.39, 0.29) is 23.2 Å². The van der Waals surface area contributed by atoms with E-state index in [1.807, 2.05) is 4.90 Å². The van der Waals surface area contributed by atoms with Crippen LogP contribution in [0.4, 0.5) is 5.69 Å². The van der Waals surface area contributed by atoms with E-state index in [4.69, 9.17) is 0 Å². The first kappa shape index (κ1) is 19.4. The van der Waals surface area contributed by atoms with Gasteiger partial charge in [0.2, 0.25) is 0 Å². The molecule has 0 spiro atoms. The summed E-state index contributed by atoms with van der Waals surface area (Å²) in [6.45, 7) is 6.17. The Morgan fingerprint density at radius 3 is 2.55 bits per heavy atom. The lowest BCUT2D eigenvalue weighted by Crippen LogP contribution is -2.53. The maximum Gasteiger partial charge on any atom is 0.331 e. The van der Waals surface area contributed by atoms with Gasteiger partial charge >= 0.3 is 5.69 Å². The minimum atomic E-state index is -0.385. The molecule has 152 valence electrons. The predicted molar refractivity (Wildman–Crippen MR) is 116 cm³/mol. The van der Waals surface area contributed by atoms with Crippen molar-refractivity contribution in [2.75, 3.05) is 24.5 Å². The van der Waals surface area contributed by atoms with Crippen molar-refractivity contribution in [3.63, 3.8) is 0 Å². The molecule has 1 aliphatic rings. The van der Waals surface area contributed by atoms with Crippen LogP contribution in [0.25, 0.3) is 10.2 Å². The number of carbonyl (C=O) groups excluding carboxylic acids is 1. The van der Waals surface area contributed by atoms with Crippen molar-refractivity contribution >= 4 is 33.1 Å². The minimum absolute atomic E-state index is 0.0866. The van der Waals surface area contributed by atoms with E-state index in [0.29, 0.717) is 28.2 Å². The lowest BCUT2D eigenvalue weighted by Gasteiger charge is -2.41. The molecule has 2 aromatic heterocycles. The number of rotatable bonds is 2. The number of anilines is 1. The second kappa shape index (κ2) is 7.18. The summed E-state index contributed by atoms with van der Waals surface area (Å²) in [4.78, 5) is 42.9. The number of nitrogens with zero attached hydrogens (tertiary/aromatic N) is 4. The van der Waals surface area contributed by atoms with Crippen LogP contribution >= 0.6 is 11.3 Å². The number of hydrogen-bond donors (Lipinski definition) is 0. The summed E-state index contributed by atoms with van der Waals surface area (Å²) < 4.78 is 2.50. The van der Waals surface area contributed by atoms with Gasteiger partial charge in [0.05, 0.1) is 10.3 Å². The molecule has 0 saturated carbocycles. The first-order chi connectivity index (χ1) is 13.8. The van der Waals surface area contributed by atoms with Crippen molar-refractivity contribution in [1.82, 2.24) is 14.0 Å². The third-order valence-electron chi connectivity index (χ3n) is 5.58. The van der Waals surface area contributed by atoms with Crippen molar-refractivity contribution in [3.8, 4) is 0 Å². The summed E-state index contributed by atoms with van der Waals surface area (Å²) in [5, 5.41) is 0.411. The Bertz CT molecular complexity index is 1220. The molecule has 1 fully saturated rings. The van der Waals surface area contributed by atoms with E-state index in [0.717, 1.165) is 11.1 Å². The average Bonchev–Trinajstić information content (AvgIpc) is 3.15. The number of carbonyl (C=O) groups is 1. The molecular weight excluding hydrogens is 388 g/mol. The molecule has 8 heteroatoms. The van der Waals surface area contributed by atoms with Gasteiger partial charge < -0.3 is 9.80 Å². The number of thiophene rings is 1. The fraction of sp³-hybridized carbons (Fsp3) is 0.381. The molecule has 3 heterocycles. The van der Waals surface area contributed by atoms with Crippen molar-refractivity contribution < 1.29 is 4.79 Å². The number of fused-ring (bicyclic) bond motifs is 1. The van der Waals surface area contributed by atoms with E-state index in [1.165, 1.54) is 34.2 Å². The van der Waals surface area contributed by atoms with Crippen LogP contribution in [0.5, 0.6) is 0 Å². The Morgan fingerprint density at radius 2 is 1.86 bits per heavy atom. The largest absolute Gasteiger partial charge is 0.365 e. The van der Waals surface area contributed by atoms with Gasteiger partial charge in [0.1, 0.15) is 4.83 Å². The quantitative estimate of drug-likeness (QED) is 0.645. The van der Waals surface area contributed by atoms with Gasteiger partial charge in [0.15, 0.2) is 0 Å². The van der Waals surface area contributed by atoms with Crippen LogP contribution in [0.3, 0.4) is 0 Å². The summed E-state index contributed by atoms with van der Waals surface area (Å²) in [6, 6.07) is 10.2. The van der Waals surface area contributed by atoms with Crippen molar-refractivity contribution in [1.29, 1.82) is 0 Å². The van der Waals surface area contributed by atoms with Crippen molar-refractivity contribution in [2.24, 2.45) is 14.1 Å². The molecular formula is C21H24N4O3S. The van der Waals surface area contributed by atoms with Gasteiger partial charge in [-0.05, 0) is 37.6 Å². The second-order valence-electron chi connectivity index (χ2n) is 7.67. The molecule has 1 amide bonds. The number of amides is 1. The smallest absolute Gasteiger partial charge is 0.331 e. The lowest BCUT2D eigenvalue weighted by molar-refractivity contribution is 0.0731. The number of aromatic nitrogens is 2. The molecule has 29 heavy (non-hydrogen) atoms. The zero-order chi connectivity index (χ0) is 20.9. The SMILES string of the molecule is Cc1cccc(N2CCN(C(=O)c3cc4c(=O)n(C)c(=O)n(C)c4s3)C[C@H]2C)c1. The summed E-state index contributed by atoms with van der Waals surface area (Å²) in [7, 11) is 3.08.